The molecule has 1 unspecified atom stereocenters. The fourth-order valence-corrected chi connectivity index (χ4v) is 5.07. The summed E-state index contributed by atoms with van der Waals surface area (Å²) in [7, 11) is -3.82. The van der Waals surface area contributed by atoms with Crippen LogP contribution in [0.4, 0.5) is 11.4 Å². The third-order valence-corrected chi connectivity index (χ3v) is 7.25. The molecular formula is C22H30N4O4S. The first kappa shape index (κ1) is 23.2. The summed E-state index contributed by atoms with van der Waals surface area (Å²) in [6.45, 7) is 10.0. The topological polar surface area (TPSA) is 95.8 Å². The van der Waals surface area contributed by atoms with Crippen molar-refractivity contribution in [1.82, 2.24) is 9.62 Å². The highest BCUT2D eigenvalue weighted by atomic mass is 32.2. The number of nitro benzene ring substituents is 1. The largest absolute Gasteiger partial charge is 0.369 e. The lowest BCUT2D eigenvalue weighted by molar-refractivity contribution is -0.385. The highest BCUT2D eigenvalue weighted by molar-refractivity contribution is 7.89. The molecule has 9 heteroatoms. The summed E-state index contributed by atoms with van der Waals surface area (Å²) >= 11 is 0. The van der Waals surface area contributed by atoms with Crippen LogP contribution in [-0.4, -0.2) is 57.0 Å². The molecule has 2 aromatic carbocycles. The highest BCUT2D eigenvalue weighted by Crippen LogP contribution is 2.22. The minimum Gasteiger partial charge on any atom is -0.369 e. The molecule has 168 valence electrons. The number of anilines is 1. The molecule has 0 aliphatic carbocycles. The molecule has 0 aromatic heterocycles. The van der Waals surface area contributed by atoms with Crippen LogP contribution in [-0.2, 0) is 10.0 Å². The summed E-state index contributed by atoms with van der Waals surface area (Å²) in [6, 6.07) is 12.2. The average molecular weight is 447 g/mol. The fraction of sp³-hybridized carbons (Fsp3) is 0.455. The molecule has 1 aliphatic heterocycles. The maximum absolute atomic E-state index is 12.7. The Hall–Kier alpha value is -2.49. The molecule has 3 rings (SSSR count). The van der Waals surface area contributed by atoms with Crippen LogP contribution in [0.25, 0.3) is 0 Å². The summed E-state index contributed by atoms with van der Waals surface area (Å²) in [5.74, 6) is 0. The first-order chi connectivity index (χ1) is 14.7. The second kappa shape index (κ2) is 9.76. The van der Waals surface area contributed by atoms with Gasteiger partial charge in [0.25, 0.3) is 5.69 Å². The number of aryl methyl sites for hydroxylation is 2. The van der Waals surface area contributed by atoms with Gasteiger partial charge in [0, 0.05) is 49.5 Å². The van der Waals surface area contributed by atoms with E-state index in [0.29, 0.717) is 12.0 Å². The van der Waals surface area contributed by atoms with Gasteiger partial charge in [0.05, 0.1) is 9.82 Å². The van der Waals surface area contributed by atoms with E-state index < -0.39 is 14.9 Å². The number of benzene rings is 2. The molecule has 1 saturated heterocycles. The maximum atomic E-state index is 12.7. The standard InChI is InChI=1S/C22H30N4O4S/c1-17-5-4-6-20(15-17)25-13-11-24(12-14-25)10-9-19(3)23-31(29,30)21-8-7-18(2)22(16-21)26(27)28/h4-8,15-16,19,23H,9-14H2,1-3H3. The number of sulfonamides is 1. The predicted octanol–water partition coefficient (Wildman–Crippen LogP) is 3.09. The van der Waals surface area contributed by atoms with Crippen molar-refractivity contribution in [3.63, 3.8) is 0 Å². The van der Waals surface area contributed by atoms with Gasteiger partial charge in [0.2, 0.25) is 10.0 Å². The van der Waals surface area contributed by atoms with Gasteiger partial charge in [-0.1, -0.05) is 18.2 Å². The Morgan fingerprint density at radius 3 is 2.45 bits per heavy atom. The molecule has 0 radical (unpaired) electrons. The van der Waals surface area contributed by atoms with Crippen molar-refractivity contribution in [2.45, 2.75) is 38.1 Å². The Balaban J connectivity index is 1.51. The van der Waals surface area contributed by atoms with E-state index in [1.807, 2.05) is 6.92 Å². The first-order valence-electron chi connectivity index (χ1n) is 10.5. The lowest BCUT2D eigenvalue weighted by Crippen LogP contribution is -2.47. The normalized spacial score (nSPS) is 16.3. The quantitative estimate of drug-likeness (QED) is 0.495. The lowest BCUT2D eigenvalue weighted by Gasteiger charge is -2.36. The Kier molecular flexibility index (Phi) is 7.30. The first-order valence-corrected chi connectivity index (χ1v) is 12.0. The van der Waals surface area contributed by atoms with E-state index in [0.717, 1.165) is 38.8 Å². The number of nitrogens with zero attached hydrogens (tertiary/aromatic N) is 3. The van der Waals surface area contributed by atoms with Crippen LogP contribution in [0.15, 0.2) is 47.4 Å². The molecule has 1 fully saturated rings. The third kappa shape index (κ3) is 6.03. The van der Waals surface area contributed by atoms with Gasteiger partial charge < -0.3 is 4.90 Å². The maximum Gasteiger partial charge on any atom is 0.273 e. The zero-order chi connectivity index (χ0) is 22.6. The number of nitro groups is 1. The molecule has 1 atom stereocenters. The molecule has 0 spiro atoms. The van der Waals surface area contributed by atoms with Gasteiger partial charge in [-0.2, -0.15) is 0 Å². The number of piperazine rings is 1. The van der Waals surface area contributed by atoms with Gasteiger partial charge in [-0.3, -0.25) is 15.0 Å². The SMILES string of the molecule is Cc1cccc(N2CCN(CCC(C)NS(=O)(=O)c3ccc(C)c([N+](=O)[O-])c3)CC2)c1. The van der Waals surface area contributed by atoms with E-state index in [1.165, 1.54) is 23.4 Å². The zero-order valence-electron chi connectivity index (χ0n) is 18.2. The van der Waals surface area contributed by atoms with Gasteiger partial charge in [-0.05, 0) is 57.5 Å². The molecule has 0 bridgehead atoms. The minimum absolute atomic E-state index is 0.0802. The molecule has 8 nitrogen and oxygen atoms in total. The molecule has 1 N–H and O–H groups in total. The number of hydrogen-bond acceptors (Lipinski definition) is 6. The predicted molar refractivity (Wildman–Crippen MR) is 122 cm³/mol. The van der Waals surface area contributed by atoms with Crippen LogP contribution in [0.1, 0.15) is 24.5 Å². The monoisotopic (exact) mass is 446 g/mol. The van der Waals surface area contributed by atoms with E-state index in [2.05, 4.69) is 45.7 Å². The van der Waals surface area contributed by atoms with Crippen molar-refractivity contribution in [2.75, 3.05) is 37.6 Å². The summed E-state index contributed by atoms with van der Waals surface area (Å²) in [6.07, 6.45) is 0.664. The fourth-order valence-electron chi connectivity index (χ4n) is 3.78. The summed E-state index contributed by atoms with van der Waals surface area (Å²) < 4.78 is 28.0. The summed E-state index contributed by atoms with van der Waals surface area (Å²) in [5, 5.41) is 11.1. The lowest BCUT2D eigenvalue weighted by atomic mass is 10.2. The van der Waals surface area contributed by atoms with Crippen molar-refractivity contribution in [2.24, 2.45) is 0 Å². The van der Waals surface area contributed by atoms with E-state index in [9.17, 15) is 18.5 Å². The van der Waals surface area contributed by atoms with Crippen molar-refractivity contribution < 1.29 is 13.3 Å². The Morgan fingerprint density at radius 1 is 1.10 bits per heavy atom. The van der Waals surface area contributed by atoms with E-state index in [4.69, 9.17) is 0 Å². The van der Waals surface area contributed by atoms with E-state index in [1.54, 1.807) is 6.92 Å². The van der Waals surface area contributed by atoms with E-state index >= 15 is 0 Å². The average Bonchev–Trinajstić information content (AvgIpc) is 2.72. The van der Waals surface area contributed by atoms with Gasteiger partial charge in [0.15, 0.2) is 0 Å². The van der Waals surface area contributed by atoms with Crippen molar-refractivity contribution in [3.8, 4) is 0 Å². The number of rotatable bonds is 8. The van der Waals surface area contributed by atoms with Crippen LogP contribution in [0.5, 0.6) is 0 Å². The van der Waals surface area contributed by atoms with Gasteiger partial charge in [-0.15, -0.1) is 0 Å². The molecule has 31 heavy (non-hydrogen) atoms. The van der Waals surface area contributed by atoms with Crippen LogP contribution in [0, 0.1) is 24.0 Å². The van der Waals surface area contributed by atoms with Crippen molar-refractivity contribution in [1.29, 1.82) is 0 Å². The second-order valence-corrected chi connectivity index (χ2v) is 9.90. The summed E-state index contributed by atoms with van der Waals surface area (Å²) in [4.78, 5) is 15.2. The molecule has 1 aliphatic rings. The minimum atomic E-state index is -3.82. The third-order valence-electron chi connectivity index (χ3n) is 5.66. The zero-order valence-corrected chi connectivity index (χ0v) is 19.1. The summed E-state index contributed by atoms with van der Waals surface area (Å²) in [5.41, 5.74) is 2.73. The van der Waals surface area contributed by atoms with Crippen LogP contribution in [0.2, 0.25) is 0 Å². The van der Waals surface area contributed by atoms with Crippen LogP contribution >= 0.6 is 0 Å². The number of nitrogens with one attached hydrogen (secondary N) is 1. The molecule has 0 saturated carbocycles. The van der Waals surface area contributed by atoms with Gasteiger partial charge >= 0.3 is 0 Å². The van der Waals surface area contributed by atoms with Crippen LogP contribution in [0.3, 0.4) is 0 Å². The highest BCUT2D eigenvalue weighted by Gasteiger charge is 2.23. The Morgan fingerprint density at radius 2 is 1.81 bits per heavy atom. The molecule has 0 amide bonds. The molecular weight excluding hydrogens is 416 g/mol. The smallest absolute Gasteiger partial charge is 0.273 e. The molecule has 1 heterocycles. The van der Waals surface area contributed by atoms with Gasteiger partial charge in [-0.25, -0.2) is 13.1 Å². The van der Waals surface area contributed by atoms with E-state index in [-0.39, 0.29) is 16.6 Å². The second-order valence-electron chi connectivity index (χ2n) is 8.18. The Labute approximate surface area is 184 Å². The van der Waals surface area contributed by atoms with Crippen LogP contribution < -0.4 is 9.62 Å². The van der Waals surface area contributed by atoms with Crippen molar-refractivity contribution in [3.05, 3.63) is 63.7 Å². The van der Waals surface area contributed by atoms with Crippen molar-refractivity contribution >= 4 is 21.4 Å². The van der Waals surface area contributed by atoms with Gasteiger partial charge in [0.1, 0.15) is 0 Å². The molecule has 2 aromatic rings. The number of hydrogen-bond donors (Lipinski definition) is 1. The Bertz CT molecular complexity index is 1030.